The molecule has 1 aromatic carbocycles. The highest BCUT2D eigenvalue weighted by Crippen LogP contribution is 2.55. The van der Waals surface area contributed by atoms with E-state index in [9.17, 15) is 0 Å². The van der Waals surface area contributed by atoms with Crippen molar-refractivity contribution in [3.8, 4) is 5.75 Å². The third kappa shape index (κ3) is 3.16. The molecule has 1 aliphatic carbocycles. The third-order valence-corrected chi connectivity index (χ3v) is 6.68. The van der Waals surface area contributed by atoms with Gasteiger partial charge >= 0.3 is 0 Å². The average Bonchev–Trinajstić information content (AvgIpc) is 2.95. The molecule has 0 amide bonds. The normalized spacial score (nSPS) is 21.9. The first-order valence-corrected chi connectivity index (χ1v) is 9.42. The lowest BCUT2D eigenvalue weighted by molar-refractivity contribution is 0.229. The van der Waals surface area contributed by atoms with Gasteiger partial charge in [0, 0.05) is 4.83 Å². The summed E-state index contributed by atoms with van der Waals surface area (Å²) in [5, 5.41) is 0. The Morgan fingerprint density at radius 1 is 1.19 bits per heavy atom. The van der Waals surface area contributed by atoms with E-state index in [1.165, 1.54) is 49.7 Å². The first-order chi connectivity index (χ1) is 10.1. The van der Waals surface area contributed by atoms with E-state index in [4.69, 9.17) is 4.74 Å². The first kappa shape index (κ1) is 15.4. The topological polar surface area (TPSA) is 9.23 Å². The fourth-order valence-corrected chi connectivity index (χ4v) is 5.27. The summed E-state index contributed by atoms with van der Waals surface area (Å²) < 4.78 is 5.76. The summed E-state index contributed by atoms with van der Waals surface area (Å²) >= 11 is 4.09. The highest BCUT2D eigenvalue weighted by atomic mass is 79.9. The van der Waals surface area contributed by atoms with Gasteiger partial charge in [-0.15, -0.1) is 0 Å². The van der Waals surface area contributed by atoms with Crippen molar-refractivity contribution in [2.75, 3.05) is 6.61 Å². The van der Waals surface area contributed by atoms with Gasteiger partial charge in [0.15, 0.2) is 0 Å². The van der Waals surface area contributed by atoms with Crippen molar-refractivity contribution in [1.82, 2.24) is 0 Å². The molecule has 0 radical (unpaired) electrons. The zero-order chi connectivity index (χ0) is 14.9. The fraction of sp³-hybridized carbons (Fsp3) is 0.684. The summed E-state index contributed by atoms with van der Waals surface area (Å²) in [4.78, 5) is 0.488. The van der Waals surface area contributed by atoms with Crippen molar-refractivity contribution in [3.05, 3.63) is 29.3 Å². The van der Waals surface area contributed by atoms with Gasteiger partial charge in [0.1, 0.15) is 5.75 Å². The van der Waals surface area contributed by atoms with Gasteiger partial charge in [-0.25, -0.2) is 0 Å². The molecule has 1 aromatic rings. The standard InChI is InChI=1S/C19H27BrO/c1-14(2)13-19(9-3-4-10-19)18(20)16-7-8-17-15(12-16)6-5-11-21-17/h7-8,12,14,18H,3-6,9-11,13H2,1-2H3. The minimum atomic E-state index is 0.456. The van der Waals surface area contributed by atoms with Crippen LogP contribution in [0.25, 0.3) is 0 Å². The molecule has 21 heavy (non-hydrogen) atoms. The van der Waals surface area contributed by atoms with E-state index < -0.39 is 0 Å². The number of aryl methyl sites for hydroxylation is 1. The van der Waals surface area contributed by atoms with Crippen molar-refractivity contribution in [2.24, 2.45) is 11.3 Å². The van der Waals surface area contributed by atoms with Crippen molar-refractivity contribution in [2.45, 2.75) is 63.6 Å². The van der Waals surface area contributed by atoms with Crippen LogP contribution in [0, 0.1) is 11.3 Å². The highest BCUT2D eigenvalue weighted by molar-refractivity contribution is 9.09. The van der Waals surface area contributed by atoms with Crippen LogP contribution in [0.15, 0.2) is 18.2 Å². The molecule has 1 fully saturated rings. The Hall–Kier alpha value is -0.500. The van der Waals surface area contributed by atoms with Crippen LogP contribution in [-0.4, -0.2) is 6.61 Å². The number of benzene rings is 1. The van der Waals surface area contributed by atoms with Gasteiger partial charge in [-0.1, -0.05) is 54.8 Å². The minimum Gasteiger partial charge on any atom is -0.493 e. The fourth-order valence-electron chi connectivity index (χ4n) is 4.34. The molecule has 1 heterocycles. The molecule has 0 aromatic heterocycles. The van der Waals surface area contributed by atoms with E-state index in [1.807, 2.05) is 0 Å². The maximum atomic E-state index is 5.76. The molecule has 3 rings (SSSR count). The van der Waals surface area contributed by atoms with Gasteiger partial charge in [0.2, 0.25) is 0 Å². The number of ether oxygens (including phenoxy) is 1. The van der Waals surface area contributed by atoms with Crippen LogP contribution in [0.1, 0.15) is 68.3 Å². The number of hydrogen-bond acceptors (Lipinski definition) is 1. The molecular formula is C19H27BrO. The van der Waals surface area contributed by atoms with E-state index in [0.29, 0.717) is 10.2 Å². The van der Waals surface area contributed by atoms with Crippen LogP contribution in [-0.2, 0) is 6.42 Å². The molecule has 2 aliphatic rings. The Morgan fingerprint density at radius 2 is 1.95 bits per heavy atom. The predicted molar refractivity (Wildman–Crippen MR) is 92.3 cm³/mol. The molecule has 0 bridgehead atoms. The molecule has 1 unspecified atom stereocenters. The van der Waals surface area contributed by atoms with Crippen LogP contribution in [0.3, 0.4) is 0 Å². The molecule has 0 spiro atoms. The Balaban J connectivity index is 1.87. The summed E-state index contributed by atoms with van der Waals surface area (Å²) in [7, 11) is 0. The second-order valence-electron chi connectivity index (χ2n) is 7.35. The number of alkyl halides is 1. The van der Waals surface area contributed by atoms with Gasteiger partial charge < -0.3 is 4.74 Å². The molecular weight excluding hydrogens is 324 g/mol. The number of halogens is 1. The molecule has 0 N–H and O–H groups in total. The van der Waals surface area contributed by atoms with Crippen LogP contribution in [0.2, 0.25) is 0 Å². The second-order valence-corrected chi connectivity index (χ2v) is 8.26. The van der Waals surface area contributed by atoms with Gasteiger partial charge in [-0.2, -0.15) is 0 Å². The van der Waals surface area contributed by atoms with E-state index in [0.717, 1.165) is 24.7 Å². The van der Waals surface area contributed by atoms with Gasteiger partial charge in [-0.05, 0) is 60.6 Å². The largest absolute Gasteiger partial charge is 0.493 e. The van der Waals surface area contributed by atoms with E-state index >= 15 is 0 Å². The number of fused-ring (bicyclic) bond motifs is 1. The lowest BCUT2D eigenvalue weighted by Gasteiger charge is -2.36. The lowest BCUT2D eigenvalue weighted by atomic mass is 9.74. The molecule has 1 aliphatic heterocycles. The van der Waals surface area contributed by atoms with E-state index in [2.05, 4.69) is 48.0 Å². The molecule has 0 saturated heterocycles. The molecule has 1 saturated carbocycles. The predicted octanol–water partition coefficient (Wildman–Crippen LogP) is 6.05. The highest BCUT2D eigenvalue weighted by Gasteiger charge is 2.41. The summed E-state index contributed by atoms with van der Waals surface area (Å²) in [6.07, 6.45) is 9.17. The summed E-state index contributed by atoms with van der Waals surface area (Å²) in [6, 6.07) is 6.87. The Kier molecular flexibility index (Phi) is 4.63. The molecule has 2 heteroatoms. The lowest BCUT2D eigenvalue weighted by Crippen LogP contribution is -2.24. The van der Waals surface area contributed by atoms with Gasteiger partial charge in [0.05, 0.1) is 6.61 Å². The average molecular weight is 351 g/mol. The van der Waals surface area contributed by atoms with E-state index in [-0.39, 0.29) is 0 Å². The summed E-state index contributed by atoms with van der Waals surface area (Å²) in [5.41, 5.74) is 3.32. The zero-order valence-electron chi connectivity index (χ0n) is 13.3. The van der Waals surface area contributed by atoms with Crippen molar-refractivity contribution < 1.29 is 4.74 Å². The Morgan fingerprint density at radius 3 is 2.67 bits per heavy atom. The monoisotopic (exact) mass is 350 g/mol. The van der Waals surface area contributed by atoms with Gasteiger partial charge in [-0.3, -0.25) is 0 Å². The van der Waals surface area contributed by atoms with Crippen molar-refractivity contribution in [3.63, 3.8) is 0 Å². The van der Waals surface area contributed by atoms with Crippen LogP contribution >= 0.6 is 15.9 Å². The first-order valence-electron chi connectivity index (χ1n) is 8.50. The minimum absolute atomic E-state index is 0.456. The molecule has 116 valence electrons. The number of hydrogen-bond donors (Lipinski definition) is 0. The quantitative estimate of drug-likeness (QED) is 0.600. The van der Waals surface area contributed by atoms with E-state index in [1.54, 1.807) is 0 Å². The third-order valence-electron chi connectivity index (χ3n) is 5.18. The van der Waals surface area contributed by atoms with Crippen LogP contribution in [0.4, 0.5) is 0 Å². The summed E-state index contributed by atoms with van der Waals surface area (Å²) in [5.74, 6) is 1.87. The van der Waals surface area contributed by atoms with Gasteiger partial charge in [0.25, 0.3) is 0 Å². The second kappa shape index (κ2) is 6.32. The van der Waals surface area contributed by atoms with Crippen molar-refractivity contribution >= 4 is 15.9 Å². The van der Waals surface area contributed by atoms with Crippen LogP contribution in [0.5, 0.6) is 5.75 Å². The smallest absolute Gasteiger partial charge is 0.122 e. The molecule has 1 nitrogen and oxygen atoms in total. The number of rotatable bonds is 4. The Bertz CT molecular complexity index is 488. The SMILES string of the molecule is CC(C)CC1(C(Br)c2ccc3c(c2)CCCO3)CCCC1. The molecule has 1 atom stereocenters. The summed E-state index contributed by atoms with van der Waals surface area (Å²) in [6.45, 7) is 5.60. The van der Waals surface area contributed by atoms with Crippen molar-refractivity contribution in [1.29, 1.82) is 0 Å². The zero-order valence-corrected chi connectivity index (χ0v) is 14.9. The Labute approximate surface area is 137 Å². The maximum Gasteiger partial charge on any atom is 0.122 e. The maximum absolute atomic E-state index is 5.76. The van der Waals surface area contributed by atoms with Crippen LogP contribution < -0.4 is 4.74 Å².